The summed E-state index contributed by atoms with van der Waals surface area (Å²) in [6, 6.07) is 13.7. The maximum Gasteiger partial charge on any atom is 0.217 e. The highest BCUT2D eigenvalue weighted by Gasteiger charge is 2.03. The molecule has 1 radical (unpaired) electrons. The van der Waals surface area contributed by atoms with Gasteiger partial charge in [0.25, 0.3) is 0 Å². The molecule has 0 aromatic heterocycles. The van der Waals surface area contributed by atoms with Crippen LogP contribution in [0, 0.1) is 0 Å². The quantitative estimate of drug-likeness (QED) is 0.817. The minimum absolute atomic E-state index is 0.522. The first-order chi connectivity index (χ1) is 7.29. The minimum Gasteiger partial charge on any atom is -0.321 e. The van der Waals surface area contributed by atoms with Gasteiger partial charge < -0.3 is 5.73 Å². The van der Waals surface area contributed by atoms with E-state index in [0.717, 1.165) is 5.56 Å². The van der Waals surface area contributed by atoms with Crippen LogP contribution in [0.15, 0.2) is 42.5 Å². The summed E-state index contributed by atoms with van der Waals surface area (Å²) in [5.41, 5.74) is 6.60. The van der Waals surface area contributed by atoms with Gasteiger partial charge in [-0.15, -0.1) is 0 Å². The van der Waals surface area contributed by atoms with Gasteiger partial charge in [0, 0.05) is 0 Å². The van der Waals surface area contributed by atoms with E-state index in [9.17, 15) is 4.79 Å². The number of hydrogen-bond acceptors (Lipinski definition) is 2. The van der Waals surface area contributed by atoms with Crippen LogP contribution in [0.4, 0.5) is 0 Å². The van der Waals surface area contributed by atoms with Crippen molar-refractivity contribution in [3.63, 3.8) is 0 Å². The Kier molecular flexibility index (Phi) is 2.79. The van der Waals surface area contributed by atoms with Gasteiger partial charge in [0.1, 0.15) is 0 Å². The molecule has 0 fully saturated rings. The van der Waals surface area contributed by atoms with Crippen LogP contribution in [0.5, 0.6) is 0 Å². The number of benzene rings is 2. The van der Waals surface area contributed by atoms with Gasteiger partial charge >= 0.3 is 0 Å². The Hall–Kier alpha value is -1.67. The normalized spacial score (nSPS) is 12.6. The van der Waals surface area contributed by atoms with E-state index in [2.05, 4.69) is 18.2 Å². The van der Waals surface area contributed by atoms with Crippen molar-refractivity contribution in [1.82, 2.24) is 0 Å². The molecule has 15 heavy (non-hydrogen) atoms. The Bertz CT molecular complexity index is 479. The predicted octanol–water partition coefficient (Wildman–Crippen LogP) is 1.82. The van der Waals surface area contributed by atoms with Gasteiger partial charge in [-0.25, -0.2) is 0 Å². The molecule has 2 aromatic rings. The molecule has 2 rings (SSSR count). The van der Waals surface area contributed by atoms with Crippen LogP contribution in [-0.4, -0.2) is 12.3 Å². The monoisotopic (exact) mass is 198 g/mol. The molecular formula is C13H12NO. The largest absolute Gasteiger partial charge is 0.321 e. The van der Waals surface area contributed by atoms with E-state index < -0.39 is 6.04 Å². The zero-order chi connectivity index (χ0) is 10.7. The number of rotatable bonds is 3. The van der Waals surface area contributed by atoms with Crippen LogP contribution in [0.3, 0.4) is 0 Å². The van der Waals surface area contributed by atoms with Gasteiger partial charge in [0.15, 0.2) is 0 Å². The molecule has 2 aromatic carbocycles. The summed E-state index contributed by atoms with van der Waals surface area (Å²) in [5.74, 6) is 0. The molecule has 2 heteroatoms. The molecule has 0 saturated carbocycles. The van der Waals surface area contributed by atoms with Crippen LogP contribution in [0.2, 0.25) is 0 Å². The number of nitrogens with two attached hydrogens (primary N) is 1. The molecule has 0 spiro atoms. The van der Waals surface area contributed by atoms with Crippen LogP contribution in [-0.2, 0) is 11.2 Å². The molecule has 0 aliphatic carbocycles. The third-order valence-electron chi connectivity index (χ3n) is 2.42. The lowest BCUT2D eigenvalue weighted by molar-refractivity contribution is 0.541. The highest BCUT2D eigenvalue weighted by atomic mass is 16.1. The summed E-state index contributed by atoms with van der Waals surface area (Å²) < 4.78 is 0. The van der Waals surface area contributed by atoms with Crippen LogP contribution in [0.25, 0.3) is 10.8 Å². The van der Waals surface area contributed by atoms with Gasteiger partial charge in [-0.05, 0) is 22.8 Å². The Morgan fingerprint density at radius 2 is 1.87 bits per heavy atom. The van der Waals surface area contributed by atoms with Crippen molar-refractivity contribution < 1.29 is 4.79 Å². The lowest BCUT2D eigenvalue weighted by Crippen LogP contribution is -2.23. The van der Waals surface area contributed by atoms with Crippen molar-refractivity contribution in [2.75, 3.05) is 0 Å². The first-order valence-corrected chi connectivity index (χ1v) is 4.90. The second-order valence-corrected chi connectivity index (χ2v) is 3.61. The van der Waals surface area contributed by atoms with Crippen LogP contribution in [0.1, 0.15) is 5.56 Å². The summed E-state index contributed by atoms with van der Waals surface area (Å²) in [6.07, 6.45) is 2.34. The van der Waals surface area contributed by atoms with Gasteiger partial charge in [0.2, 0.25) is 6.29 Å². The van der Waals surface area contributed by atoms with E-state index in [0.29, 0.717) is 6.42 Å². The second-order valence-electron chi connectivity index (χ2n) is 3.61. The average Bonchev–Trinajstić information content (AvgIpc) is 2.29. The first kappa shape index (κ1) is 9.87. The van der Waals surface area contributed by atoms with Gasteiger partial charge in [-0.3, -0.25) is 4.79 Å². The van der Waals surface area contributed by atoms with E-state index in [4.69, 9.17) is 5.73 Å². The molecule has 0 aliphatic rings. The Morgan fingerprint density at radius 1 is 1.13 bits per heavy atom. The Labute approximate surface area is 88.7 Å². The molecule has 0 heterocycles. The fraction of sp³-hybridized carbons (Fsp3) is 0.154. The molecule has 1 atom stereocenters. The third-order valence-corrected chi connectivity index (χ3v) is 2.42. The Morgan fingerprint density at radius 3 is 2.60 bits per heavy atom. The summed E-state index contributed by atoms with van der Waals surface area (Å²) >= 11 is 0. The maximum atomic E-state index is 10.3. The summed E-state index contributed by atoms with van der Waals surface area (Å²) in [6.45, 7) is 0. The van der Waals surface area contributed by atoms with Crippen molar-refractivity contribution in [2.45, 2.75) is 12.5 Å². The SMILES string of the molecule is NC([C]=O)Cc1ccc2ccccc2c1. The summed E-state index contributed by atoms with van der Waals surface area (Å²) in [7, 11) is 0. The molecule has 0 amide bonds. The van der Waals surface area contributed by atoms with Gasteiger partial charge in [-0.1, -0.05) is 42.5 Å². The molecule has 0 bridgehead atoms. The molecule has 75 valence electrons. The lowest BCUT2D eigenvalue weighted by Gasteiger charge is -2.05. The molecule has 0 aliphatic heterocycles. The van der Waals surface area contributed by atoms with E-state index in [1.807, 2.05) is 24.3 Å². The molecule has 2 nitrogen and oxygen atoms in total. The maximum absolute atomic E-state index is 10.3. The van der Waals surface area contributed by atoms with Crippen molar-refractivity contribution in [3.8, 4) is 0 Å². The predicted molar refractivity (Wildman–Crippen MR) is 61.3 cm³/mol. The van der Waals surface area contributed by atoms with Gasteiger partial charge in [0.05, 0.1) is 6.04 Å². The van der Waals surface area contributed by atoms with Crippen LogP contribution >= 0.6 is 0 Å². The minimum atomic E-state index is -0.522. The van der Waals surface area contributed by atoms with E-state index in [-0.39, 0.29) is 0 Å². The van der Waals surface area contributed by atoms with E-state index >= 15 is 0 Å². The summed E-state index contributed by atoms with van der Waals surface area (Å²) in [5, 5.41) is 2.37. The number of fused-ring (bicyclic) bond motifs is 1. The van der Waals surface area contributed by atoms with Crippen LogP contribution < -0.4 is 5.73 Å². The Balaban J connectivity index is 2.34. The smallest absolute Gasteiger partial charge is 0.217 e. The number of hydrogen-bond donors (Lipinski definition) is 1. The second kappa shape index (κ2) is 4.24. The topological polar surface area (TPSA) is 43.1 Å². The standard InChI is InChI=1S/C13H12NO/c14-13(9-15)8-10-5-6-11-3-1-2-4-12(11)7-10/h1-7,13H,8,14H2. The zero-order valence-electron chi connectivity index (χ0n) is 8.31. The molecule has 2 N–H and O–H groups in total. The third kappa shape index (κ3) is 2.22. The molecular weight excluding hydrogens is 186 g/mol. The van der Waals surface area contributed by atoms with Crippen molar-refractivity contribution in [3.05, 3.63) is 48.0 Å². The molecule has 0 saturated heterocycles. The summed E-state index contributed by atoms with van der Waals surface area (Å²) in [4.78, 5) is 10.3. The van der Waals surface area contributed by atoms with Crippen molar-refractivity contribution >= 4 is 17.1 Å². The lowest BCUT2D eigenvalue weighted by atomic mass is 10.0. The number of carbonyl (C=O) groups excluding carboxylic acids is 1. The highest BCUT2D eigenvalue weighted by molar-refractivity contribution is 5.83. The fourth-order valence-corrected chi connectivity index (χ4v) is 1.66. The van der Waals surface area contributed by atoms with E-state index in [1.165, 1.54) is 10.8 Å². The first-order valence-electron chi connectivity index (χ1n) is 4.90. The highest BCUT2D eigenvalue weighted by Crippen LogP contribution is 2.16. The van der Waals surface area contributed by atoms with Crippen molar-refractivity contribution in [2.24, 2.45) is 5.73 Å². The average molecular weight is 198 g/mol. The van der Waals surface area contributed by atoms with Crippen molar-refractivity contribution in [1.29, 1.82) is 0 Å². The van der Waals surface area contributed by atoms with E-state index in [1.54, 1.807) is 6.29 Å². The molecule has 1 unspecified atom stereocenters. The zero-order valence-corrected chi connectivity index (χ0v) is 8.31. The van der Waals surface area contributed by atoms with Gasteiger partial charge in [-0.2, -0.15) is 0 Å². The fourth-order valence-electron chi connectivity index (χ4n) is 1.66.